The standard InChI is InChI=1S/C12H16ClNO4S/c1-2-3-4-7-14-19(17,18)9-5-6-11(13)10(8-9)12(15)16/h5-6,8,14H,2-4,7H2,1H3,(H,15,16). The molecule has 0 saturated carbocycles. The first-order valence-electron chi connectivity index (χ1n) is 5.91. The number of benzene rings is 1. The zero-order chi connectivity index (χ0) is 14.5. The summed E-state index contributed by atoms with van der Waals surface area (Å²) in [5.74, 6) is -1.26. The van der Waals surface area contributed by atoms with Crippen molar-refractivity contribution in [3.05, 3.63) is 28.8 Å². The van der Waals surface area contributed by atoms with Gasteiger partial charge in [-0.25, -0.2) is 17.9 Å². The number of aromatic carboxylic acids is 1. The molecule has 0 heterocycles. The summed E-state index contributed by atoms with van der Waals surface area (Å²) in [6.07, 6.45) is 2.67. The molecule has 106 valence electrons. The Kier molecular flexibility index (Phi) is 5.78. The Morgan fingerprint density at radius 3 is 2.63 bits per heavy atom. The van der Waals surface area contributed by atoms with Gasteiger partial charge in [-0.2, -0.15) is 0 Å². The minimum Gasteiger partial charge on any atom is -0.478 e. The lowest BCUT2D eigenvalue weighted by Gasteiger charge is -2.08. The van der Waals surface area contributed by atoms with Crippen LogP contribution < -0.4 is 4.72 Å². The Balaban J connectivity index is 2.89. The van der Waals surface area contributed by atoms with E-state index in [9.17, 15) is 13.2 Å². The number of halogens is 1. The molecule has 5 nitrogen and oxygen atoms in total. The molecule has 0 unspecified atom stereocenters. The third-order valence-electron chi connectivity index (χ3n) is 2.55. The lowest BCUT2D eigenvalue weighted by atomic mass is 10.2. The van der Waals surface area contributed by atoms with Crippen molar-refractivity contribution in [2.45, 2.75) is 31.1 Å². The van der Waals surface area contributed by atoms with Crippen LogP contribution in [0.25, 0.3) is 0 Å². The Labute approximate surface area is 117 Å². The molecule has 0 spiro atoms. The fraction of sp³-hybridized carbons (Fsp3) is 0.417. The van der Waals surface area contributed by atoms with Gasteiger partial charge in [0, 0.05) is 6.54 Å². The fourth-order valence-electron chi connectivity index (χ4n) is 1.50. The summed E-state index contributed by atoms with van der Waals surface area (Å²) < 4.78 is 26.3. The van der Waals surface area contributed by atoms with Crippen molar-refractivity contribution in [2.24, 2.45) is 0 Å². The molecule has 0 atom stereocenters. The van der Waals surface area contributed by atoms with Crippen molar-refractivity contribution in [3.63, 3.8) is 0 Å². The number of carboxylic acids is 1. The summed E-state index contributed by atoms with van der Waals surface area (Å²) in [4.78, 5) is 10.8. The molecule has 0 aliphatic rings. The Morgan fingerprint density at radius 2 is 2.05 bits per heavy atom. The molecule has 19 heavy (non-hydrogen) atoms. The molecule has 1 rings (SSSR count). The van der Waals surface area contributed by atoms with E-state index in [2.05, 4.69) is 4.72 Å². The average molecular weight is 306 g/mol. The maximum atomic E-state index is 11.9. The molecule has 7 heteroatoms. The number of sulfonamides is 1. The number of nitrogens with one attached hydrogen (secondary N) is 1. The molecule has 0 radical (unpaired) electrons. The third kappa shape index (κ3) is 4.49. The molecule has 1 aromatic rings. The zero-order valence-corrected chi connectivity index (χ0v) is 12.1. The Bertz CT molecular complexity index is 557. The lowest BCUT2D eigenvalue weighted by Crippen LogP contribution is -2.25. The second-order valence-electron chi connectivity index (χ2n) is 4.05. The summed E-state index contributed by atoms with van der Waals surface area (Å²) in [5, 5.41) is 8.91. The van der Waals surface area contributed by atoms with Gasteiger partial charge in [0.2, 0.25) is 10.0 Å². The van der Waals surface area contributed by atoms with Gasteiger partial charge in [-0.05, 0) is 24.6 Å². The van der Waals surface area contributed by atoms with Crippen LogP contribution in [-0.2, 0) is 10.0 Å². The van der Waals surface area contributed by atoms with Crippen LogP contribution in [0.4, 0.5) is 0 Å². The molecule has 2 N–H and O–H groups in total. The van der Waals surface area contributed by atoms with Gasteiger partial charge in [0.15, 0.2) is 0 Å². The number of rotatable bonds is 7. The predicted octanol–water partition coefficient (Wildman–Crippen LogP) is 2.51. The van der Waals surface area contributed by atoms with Crippen molar-refractivity contribution < 1.29 is 18.3 Å². The predicted molar refractivity (Wildman–Crippen MR) is 73.1 cm³/mol. The van der Waals surface area contributed by atoms with E-state index in [1.165, 1.54) is 12.1 Å². The molecule has 0 aromatic heterocycles. The first-order valence-corrected chi connectivity index (χ1v) is 7.77. The topological polar surface area (TPSA) is 83.5 Å². The van der Waals surface area contributed by atoms with Crippen LogP contribution in [0.1, 0.15) is 36.5 Å². The number of carbonyl (C=O) groups is 1. The molecule has 0 fully saturated rings. The Hall–Kier alpha value is -1.11. The smallest absolute Gasteiger partial charge is 0.337 e. The monoisotopic (exact) mass is 305 g/mol. The quantitative estimate of drug-likeness (QED) is 0.758. The van der Waals surface area contributed by atoms with Gasteiger partial charge in [-0.1, -0.05) is 31.4 Å². The SMILES string of the molecule is CCCCCNS(=O)(=O)c1ccc(Cl)c(C(=O)O)c1. The van der Waals surface area contributed by atoms with Crippen molar-refractivity contribution >= 4 is 27.6 Å². The highest BCUT2D eigenvalue weighted by Gasteiger charge is 2.17. The van der Waals surface area contributed by atoms with E-state index in [4.69, 9.17) is 16.7 Å². The summed E-state index contributed by atoms with van der Waals surface area (Å²) in [6, 6.07) is 3.62. The maximum absolute atomic E-state index is 11.9. The number of carboxylic acid groups (broad SMARTS) is 1. The molecule has 0 aliphatic carbocycles. The van der Waals surface area contributed by atoms with E-state index in [0.29, 0.717) is 6.54 Å². The van der Waals surface area contributed by atoms with Gasteiger partial charge in [0.05, 0.1) is 15.5 Å². The lowest BCUT2D eigenvalue weighted by molar-refractivity contribution is 0.0697. The highest BCUT2D eigenvalue weighted by molar-refractivity contribution is 7.89. The van der Waals surface area contributed by atoms with E-state index in [0.717, 1.165) is 25.3 Å². The molecular weight excluding hydrogens is 290 g/mol. The van der Waals surface area contributed by atoms with Gasteiger partial charge >= 0.3 is 5.97 Å². The molecule has 0 amide bonds. The van der Waals surface area contributed by atoms with Crippen LogP contribution >= 0.6 is 11.6 Å². The van der Waals surface area contributed by atoms with Crippen molar-refractivity contribution in [1.29, 1.82) is 0 Å². The van der Waals surface area contributed by atoms with Gasteiger partial charge in [0.1, 0.15) is 0 Å². The molecule has 0 bridgehead atoms. The first-order chi connectivity index (χ1) is 8.88. The normalized spacial score (nSPS) is 11.5. The second-order valence-corrected chi connectivity index (χ2v) is 6.23. The Morgan fingerprint density at radius 1 is 1.37 bits per heavy atom. The van der Waals surface area contributed by atoms with Crippen LogP contribution in [0, 0.1) is 0 Å². The van der Waals surface area contributed by atoms with Gasteiger partial charge < -0.3 is 5.11 Å². The summed E-state index contributed by atoms with van der Waals surface area (Å²) in [5.41, 5.74) is -0.224. The first kappa shape index (κ1) is 15.9. The average Bonchev–Trinajstić information content (AvgIpc) is 2.34. The van der Waals surface area contributed by atoms with E-state index in [-0.39, 0.29) is 15.5 Å². The second kappa shape index (κ2) is 6.88. The number of hydrogen-bond acceptors (Lipinski definition) is 3. The van der Waals surface area contributed by atoms with Crippen molar-refractivity contribution in [3.8, 4) is 0 Å². The van der Waals surface area contributed by atoms with E-state index >= 15 is 0 Å². The summed E-state index contributed by atoms with van der Waals surface area (Å²) >= 11 is 5.69. The van der Waals surface area contributed by atoms with Gasteiger partial charge in [-0.15, -0.1) is 0 Å². The molecule has 0 aliphatic heterocycles. The van der Waals surface area contributed by atoms with Crippen LogP contribution in [0.3, 0.4) is 0 Å². The molecular formula is C12H16ClNO4S. The largest absolute Gasteiger partial charge is 0.478 e. The van der Waals surface area contributed by atoms with Crippen LogP contribution in [-0.4, -0.2) is 26.0 Å². The molecule has 0 saturated heterocycles. The third-order valence-corrected chi connectivity index (χ3v) is 4.34. The van der Waals surface area contributed by atoms with Crippen molar-refractivity contribution in [1.82, 2.24) is 4.72 Å². The van der Waals surface area contributed by atoms with Gasteiger partial charge in [-0.3, -0.25) is 0 Å². The van der Waals surface area contributed by atoms with E-state index < -0.39 is 16.0 Å². The minimum absolute atomic E-state index is 0.0115. The van der Waals surface area contributed by atoms with Crippen LogP contribution in [0.15, 0.2) is 23.1 Å². The summed E-state index contributed by atoms with van der Waals surface area (Å²) in [7, 11) is -3.69. The maximum Gasteiger partial charge on any atom is 0.337 e. The highest BCUT2D eigenvalue weighted by Crippen LogP contribution is 2.20. The van der Waals surface area contributed by atoms with E-state index in [1.807, 2.05) is 6.92 Å². The molecule has 1 aromatic carbocycles. The minimum atomic E-state index is -3.69. The highest BCUT2D eigenvalue weighted by atomic mass is 35.5. The number of unbranched alkanes of at least 4 members (excludes halogenated alkanes) is 2. The zero-order valence-electron chi connectivity index (χ0n) is 10.5. The fourth-order valence-corrected chi connectivity index (χ4v) is 2.80. The van der Waals surface area contributed by atoms with Crippen LogP contribution in [0.2, 0.25) is 5.02 Å². The van der Waals surface area contributed by atoms with E-state index in [1.54, 1.807) is 0 Å². The van der Waals surface area contributed by atoms with Gasteiger partial charge in [0.25, 0.3) is 0 Å². The van der Waals surface area contributed by atoms with Crippen LogP contribution in [0.5, 0.6) is 0 Å². The summed E-state index contributed by atoms with van der Waals surface area (Å²) in [6.45, 7) is 2.36. The number of hydrogen-bond donors (Lipinski definition) is 2. The van der Waals surface area contributed by atoms with Crippen molar-refractivity contribution in [2.75, 3.05) is 6.54 Å².